The van der Waals surface area contributed by atoms with Crippen molar-refractivity contribution in [2.75, 3.05) is 13.2 Å². The average molecular weight is 224 g/mol. The first kappa shape index (κ1) is 13.0. The van der Waals surface area contributed by atoms with Crippen LogP contribution in [0.5, 0.6) is 5.75 Å². The quantitative estimate of drug-likeness (QED) is 0.823. The summed E-state index contributed by atoms with van der Waals surface area (Å²) in [4.78, 5) is 0. The highest BCUT2D eigenvalue weighted by Gasteiger charge is 2.26. The van der Waals surface area contributed by atoms with Crippen LogP contribution in [0.15, 0.2) is 24.3 Å². The first-order valence-corrected chi connectivity index (χ1v) is 5.47. The molecule has 0 heterocycles. The lowest BCUT2D eigenvalue weighted by molar-refractivity contribution is 0.0591. The Morgan fingerprint density at radius 3 is 2.44 bits per heavy atom. The van der Waals surface area contributed by atoms with E-state index >= 15 is 0 Å². The van der Waals surface area contributed by atoms with Gasteiger partial charge in [0.2, 0.25) is 0 Å². The number of benzene rings is 1. The van der Waals surface area contributed by atoms with Gasteiger partial charge in [0.1, 0.15) is 12.4 Å². The molecule has 0 radical (unpaired) electrons. The molecule has 0 aliphatic carbocycles. The molecule has 0 spiro atoms. The normalized spacial score (nSPS) is 13.6. The fourth-order valence-corrected chi connectivity index (χ4v) is 1.46. The number of para-hydroxylation sites is 1. The van der Waals surface area contributed by atoms with E-state index in [1.165, 1.54) is 0 Å². The maximum absolute atomic E-state index is 10.2. The van der Waals surface area contributed by atoms with Crippen molar-refractivity contribution in [3.05, 3.63) is 29.8 Å². The highest BCUT2D eigenvalue weighted by Crippen LogP contribution is 2.36. The van der Waals surface area contributed by atoms with E-state index in [1.54, 1.807) is 6.07 Å². The number of ether oxygens (including phenoxy) is 1. The van der Waals surface area contributed by atoms with E-state index < -0.39 is 6.10 Å². The second-order valence-electron chi connectivity index (χ2n) is 4.88. The van der Waals surface area contributed by atoms with Crippen LogP contribution in [0, 0.1) is 5.41 Å². The molecule has 0 aliphatic heterocycles. The summed E-state index contributed by atoms with van der Waals surface area (Å²) < 4.78 is 5.39. The van der Waals surface area contributed by atoms with E-state index in [1.807, 2.05) is 39.0 Å². The maximum Gasteiger partial charge on any atom is 0.125 e. The number of aliphatic hydroxyl groups is 2. The monoisotopic (exact) mass is 224 g/mol. The average Bonchev–Trinajstić information content (AvgIpc) is 2.24. The third-order valence-corrected chi connectivity index (χ3v) is 2.38. The molecule has 0 bridgehead atoms. The van der Waals surface area contributed by atoms with Gasteiger partial charge in [0.15, 0.2) is 0 Å². The lowest BCUT2D eigenvalue weighted by Gasteiger charge is -2.27. The van der Waals surface area contributed by atoms with Crippen LogP contribution in [-0.2, 0) is 0 Å². The lowest BCUT2D eigenvalue weighted by atomic mass is 9.84. The highest BCUT2D eigenvalue weighted by molar-refractivity contribution is 5.35. The van der Waals surface area contributed by atoms with Crippen molar-refractivity contribution < 1.29 is 14.9 Å². The van der Waals surface area contributed by atoms with Crippen molar-refractivity contribution in [3.63, 3.8) is 0 Å². The minimum absolute atomic E-state index is 0.0278. The molecule has 0 saturated heterocycles. The van der Waals surface area contributed by atoms with Crippen molar-refractivity contribution >= 4 is 0 Å². The molecule has 3 nitrogen and oxygen atoms in total. The fourth-order valence-electron chi connectivity index (χ4n) is 1.46. The zero-order valence-electron chi connectivity index (χ0n) is 10.1. The van der Waals surface area contributed by atoms with E-state index in [2.05, 4.69) is 0 Å². The Balaban J connectivity index is 2.94. The van der Waals surface area contributed by atoms with Crippen LogP contribution in [0.2, 0.25) is 0 Å². The van der Waals surface area contributed by atoms with Gasteiger partial charge in [-0.05, 0) is 11.5 Å². The second-order valence-corrected chi connectivity index (χ2v) is 4.88. The Bertz CT molecular complexity index is 328. The molecule has 0 aliphatic rings. The van der Waals surface area contributed by atoms with Crippen molar-refractivity contribution in [1.82, 2.24) is 0 Å². The summed E-state index contributed by atoms with van der Waals surface area (Å²) in [5.74, 6) is 0.638. The third-order valence-electron chi connectivity index (χ3n) is 2.38. The smallest absolute Gasteiger partial charge is 0.125 e. The summed E-state index contributed by atoms with van der Waals surface area (Å²) in [5.41, 5.74) is 0.530. The van der Waals surface area contributed by atoms with Crippen LogP contribution in [0.25, 0.3) is 0 Å². The topological polar surface area (TPSA) is 49.7 Å². The highest BCUT2D eigenvalue weighted by atomic mass is 16.5. The molecular formula is C13H20O3. The van der Waals surface area contributed by atoms with Crippen LogP contribution >= 0.6 is 0 Å². The minimum Gasteiger partial charge on any atom is -0.491 e. The molecular weight excluding hydrogens is 204 g/mol. The Morgan fingerprint density at radius 2 is 1.88 bits per heavy atom. The largest absolute Gasteiger partial charge is 0.491 e. The van der Waals surface area contributed by atoms with Gasteiger partial charge in [-0.25, -0.2) is 0 Å². The van der Waals surface area contributed by atoms with Crippen LogP contribution in [-0.4, -0.2) is 23.4 Å². The standard InChI is InChI=1S/C13H20O3/c1-13(2,3)12(15)10-6-4-5-7-11(10)16-9-8-14/h4-7,12,14-15H,8-9H2,1-3H3. The molecule has 0 amide bonds. The van der Waals surface area contributed by atoms with Gasteiger partial charge in [-0.15, -0.1) is 0 Å². The van der Waals surface area contributed by atoms with Gasteiger partial charge < -0.3 is 14.9 Å². The van der Waals surface area contributed by atoms with Gasteiger partial charge in [-0.1, -0.05) is 39.0 Å². The molecule has 1 atom stereocenters. The van der Waals surface area contributed by atoms with Crippen molar-refractivity contribution in [2.45, 2.75) is 26.9 Å². The third kappa shape index (κ3) is 3.22. The molecule has 2 N–H and O–H groups in total. The molecule has 0 saturated carbocycles. The second kappa shape index (κ2) is 5.32. The molecule has 0 fully saturated rings. The number of hydrogen-bond acceptors (Lipinski definition) is 3. The number of rotatable bonds is 4. The van der Waals surface area contributed by atoms with Crippen LogP contribution < -0.4 is 4.74 Å². The lowest BCUT2D eigenvalue weighted by Crippen LogP contribution is -2.19. The Morgan fingerprint density at radius 1 is 1.25 bits per heavy atom. The maximum atomic E-state index is 10.2. The first-order valence-electron chi connectivity index (χ1n) is 5.47. The Labute approximate surface area is 96.7 Å². The number of aliphatic hydroxyl groups excluding tert-OH is 2. The summed E-state index contributed by atoms with van der Waals surface area (Å²) in [6.07, 6.45) is -0.581. The molecule has 1 aromatic carbocycles. The van der Waals surface area contributed by atoms with Gasteiger partial charge in [0.05, 0.1) is 12.7 Å². The van der Waals surface area contributed by atoms with E-state index in [0.29, 0.717) is 5.75 Å². The van der Waals surface area contributed by atoms with Gasteiger partial charge in [-0.3, -0.25) is 0 Å². The van der Waals surface area contributed by atoms with Crippen molar-refractivity contribution in [3.8, 4) is 5.75 Å². The predicted octanol–water partition coefficient (Wildman–Crippen LogP) is 2.14. The van der Waals surface area contributed by atoms with E-state index in [-0.39, 0.29) is 18.6 Å². The van der Waals surface area contributed by atoms with Gasteiger partial charge in [0.25, 0.3) is 0 Å². The minimum atomic E-state index is -0.581. The van der Waals surface area contributed by atoms with Gasteiger partial charge in [0, 0.05) is 5.56 Å². The first-order chi connectivity index (χ1) is 7.46. The molecule has 1 aromatic rings. The molecule has 90 valence electrons. The summed E-state index contributed by atoms with van der Waals surface area (Å²) in [7, 11) is 0. The van der Waals surface area contributed by atoms with Crippen LogP contribution in [0.4, 0.5) is 0 Å². The molecule has 16 heavy (non-hydrogen) atoms. The summed E-state index contributed by atoms with van der Waals surface area (Å²) in [6.45, 7) is 6.13. The van der Waals surface area contributed by atoms with E-state index in [4.69, 9.17) is 9.84 Å². The predicted molar refractivity (Wildman–Crippen MR) is 63.4 cm³/mol. The van der Waals surface area contributed by atoms with Crippen LogP contribution in [0.3, 0.4) is 0 Å². The van der Waals surface area contributed by atoms with Crippen molar-refractivity contribution in [2.24, 2.45) is 5.41 Å². The van der Waals surface area contributed by atoms with E-state index in [0.717, 1.165) is 5.56 Å². The molecule has 1 unspecified atom stereocenters. The zero-order chi connectivity index (χ0) is 12.2. The zero-order valence-corrected chi connectivity index (χ0v) is 10.1. The van der Waals surface area contributed by atoms with Crippen LogP contribution in [0.1, 0.15) is 32.4 Å². The van der Waals surface area contributed by atoms with Crippen molar-refractivity contribution in [1.29, 1.82) is 0 Å². The van der Waals surface area contributed by atoms with Gasteiger partial charge >= 0.3 is 0 Å². The summed E-state index contributed by atoms with van der Waals surface area (Å²) >= 11 is 0. The Hall–Kier alpha value is -1.06. The number of hydrogen-bond donors (Lipinski definition) is 2. The van der Waals surface area contributed by atoms with Gasteiger partial charge in [-0.2, -0.15) is 0 Å². The fraction of sp³-hybridized carbons (Fsp3) is 0.538. The Kier molecular flexibility index (Phi) is 4.33. The molecule has 3 heteroatoms. The molecule has 1 rings (SSSR count). The summed E-state index contributed by atoms with van der Waals surface area (Å²) in [5, 5.41) is 18.9. The van der Waals surface area contributed by atoms with E-state index in [9.17, 15) is 5.11 Å². The SMILES string of the molecule is CC(C)(C)C(O)c1ccccc1OCCO. The molecule has 0 aromatic heterocycles. The summed E-state index contributed by atoms with van der Waals surface area (Å²) in [6, 6.07) is 7.38.